The number of aromatic nitrogens is 2. The molecule has 2 aromatic carbocycles. The van der Waals surface area contributed by atoms with Crippen molar-refractivity contribution in [2.75, 3.05) is 0 Å². The van der Waals surface area contributed by atoms with E-state index in [0.717, 1.165) is 15.9 Å². The summed E-state index contributed by atoms with van der Waals surface area (Å²) in [6.45, 7) is 0. The highest BCUT2D eigenvalue weighted by atomic mass is 16.5. The second kappa shape index (κ2) is 7.06. The average molecular weight is 298 g/mol. The first kappa shape index (κ1) is 14.6. The normalized spacial score (nSPS) is 10.7. The summed E-state index contributed by atoms with van der Waals surface area (Å²) in [6, 6.07) is 19.6. The van der Waals surface area contributed by atoms with E-state index in [0.29, 0.717) is 11.3 Å². The smallest absolute Gasteiger partial charge is 0.207 e. The Bertz CT molecular complexity index is 876. The fraction of sp³-hybridized carbons (Fsp3) is 0. The van der Waals surface area contributed by atoms with Crippen LogP contribution < -0.4 is 4.73 Å². The summed E-state index contributed by atoms with van der Waals surface area (Å²) in [4.78, 5) is 4.26. The van der Waals surface area contributed by atoms with Crippen molar-refractivity contribution in [1.29, 1.82) is 0 Å². The summed E-state index contributed by atoms with van der Waals surface area (Å²) in [5.74, 6) is 6.24. The van der Waals surface area contributed by atoms with E-state index in [2.05, 4.69) is 16.8 Å². The molecule has 0 spiro atoms. The van der Waals surface area contributed by atoms with Crippen LogP contribution in [0.4, 0.5) is 0 Å². The van der Waals surface area contributed by atoms with Gasteiger partial charge in [-0.3, -0.25) is 0 Å². The molecule has 0 amide bonds. The Kier molecular flexibility index (Phi) is 4.47. The molecule has 3 rings (SSSR count). The number of allylic oxidation sites excluding steroid dienone is 1. The number of rotatable bonds is 2. The molecule has 110 valence electrons. The van der Waals surface area contributed by atoms with Crippen LogP contribution in [-0.4, -0.2) is 4.98 Å². The van der Waals surface area contributed by atoms with E-state index < -0.39 is 0 Å². The Morgan fingerprint density at radius 1 is 1.00 bits per heavy atom. The van der Waals surface area contributed by atoms with Gasteiger partial charge in [-0.1, -0.05) is 60.4 Å². The van der Waals surface area contributed by atoms with Gasteiger partial charge in [0.05, 0.1) is 11.8 Å². The topological polar surface area (TPSA) is 39.8 Å². The highest BCUT2D eigenvalue weighted by Gasteiger charge is 2.05. The summed E-state index contributed by atoms with van der Waals surface area (Å²) >= 11 is 0. The van der Waals surface area contributed by atoms with Crippen molar-refractivity contribution in [2.45, 2.75) is 0 Å². The molecule has 0 N–H and O–H groups in total. The lowest BCUT2D eigenvalue weighted by molar-refractivity contribution is -0.606. The van der Waals surface area contributed by atoms with E-state index in [1.165, 1.54) is 18.6 Å². The fourth-order valence-electron chi connectivity index (χ4n) is 2.07. The van der Waals surface area contributed by atoms with Crippen LogP contribution in [-0.2, 0) is 0 Å². The van der Waals surface area contributed by atoms with E-state index in [-0.39, 0.29) is 0 Å². The molecule has 0 saturated heterocycles. The molecule has 0 aliphatic heterocycles. The molecule has 0 unspecified atom stereocenters. The molecule has 0 atom stereocenters. The Hall–Kier alpha value is -3.38. The number of benzene rings is 2. The predicted octanol–water partition coefficient (Wildman–Crippen LogP) is 3.31. The quantitative estimate of drug-likeness (QED) is 0.414. The first-order chi connectivity index (χ1) is 11.3. The van der Waals surface area contributed by atoms with E-state index in [4.69, 9.17) is 0 Å². The van der Waals surface area contributed by atoms with Crippen LogP contribution in [0, 0.1) is 17.0 Å². The Morgan fingerprint density at radius 3 is 2.39 bits per heavy atom. The lowest BCUT2D eigenvalue weighted by Gasteiger charge is -2.01. The van der Waals surface area contributed by atoms with Crippen LogP contribution in [0.25, 0.3) is 11.6 Å². The molecule has 1 heterocycles. The van der Waals surface area contributed by atoms with Gasteiger partial charge in [-0.05, 0) is 23.8 Å². The lowest BCUT2D eigenvalue weighted by Crippen LogP contribution is -2.25. The highest BCUT2D eigenvalue weighted by molar-refractivity contribution is 5.89. The molecule has 3 heteroatoms. The van der Waals surface area contributed by atoms with Crippen molar-refractivity contribution >= 4 is 11.6 Å². The SMILES string of the molecule is [O-][n+]1ccnc(/C(C#Cc2ccccc2)=C\c2ccccc2)c1. The fourth-order valence-corrected chi connectivity index (χ4v) is 2.07. The van der Waals surface area contributed by atoms with Crippen LogP contribution in [0.15, 0.2) is 79.3 Å². The van der Waals surface area contributed by atoms with Crippen molar-refractivity contribution < 1.29 is 4.73 Å². The second-order valence-electron chi connectivity index (χ2n) is 4.89. The van der Waals surface area contributed by atoms with Crippen molar-refractivity contribution in [3.8, 4) is 11.8 Å². The third-order valence-electron chi connectivity index (χ3n) is 3.18. The molecule has 3 aromatic rings. The van der Waals surface area contributed by atoms with Crippen molar-refractivity contribution in [2.24, 2.45) is 0 Å². The zero-order chi connectivity index (χ0) is 15.9. The van der Waals surface area contributed by atoms with Crippen molar-refractivity contribution in [3.63, 3.8) is 0 Å². The molecular weight excluding hydrogens is 284 g/mol. The van der Waals surface area contributed by atoms with Crippen LogP contribution in [0.5, 0.6) is 0 Å². The minimum atomic E-state index is 0.551. The summed E-state index contributed by atoms with van der Waals surface area (Å²) < 4.78 is 0.728. The van der Waals surface area contributed by atoms with Gasteiger partial charge in [0, 0.05) is 5.56 Å². The standard InChI is InChI=1S/C20H14N2O/c23-22-14-13-21-20(16-22)19(15-18-9-5-2-6-10-18)12-11-17-7-3-1-4-8-17/h1-10,13-16H/b19-15-. The molecule has 0 bridgehead atoms. The maximum Gasteiger partial charge on any atom is 0.207 e. The first-order valence-electron chi connectivity index (χ1n) is 7.20. The predicted molar refractivity (Wildman–Crippen MR) is 90.8 cm³/mol. The first-order valence-corrected chi connectivity index (χ1v) is 7.20. The summed E-state index contributed by atoms with van der Waals surface area (Å²) in [5.41, 5.74) is 3.17. The van der Waals surface area contributed by atoms with Gasteiger partial charge in [0.25, 0.3) is 0 Å². The maximum atomic E-state index is 11.5. The minimum Gasteiger partial charge on any atom is -0.619 e. The maximum absolute atomic E-state index is 11.5. The van der Waals surface area contributed by atoms with E-state index in [9.17, 15) is 5.21 Å². The van der Waals surface area contributed by atoms with Gasteiger partial charge in [0.15, 0.2) is 6.20 Å². The third-order valence-corrected chi connectivity index (χ3v) is 3.18. The van der Waals surface area contributed by atoms with Crippen molar-refractivity contribution in [3.05, 3.63) is 101 Å². The Balaban J connectivity index is 2.04. The summed E-state index contributed by atoms with van der Waals surface area (Å²) in [6.07, 6.45) is 6.19. The van der Waals surface area contributed by atoms with Crippen LogP contribution in [0.2, 0.25) is 0 Å². The van der Waals surface area contributed by atoms with Crippen LogP contribution in [0.1, 0.15) is 16.8 Å². The van der Waals surface area contributed by atoms with Gasteiger partial charge in [-0.25, -0.2) is 4.98 Å². The molecule has 0 radical (unpaired) electrons. The van der Waals surface area contributed by atoms with E-state index in [1.54, 1.807) is 0 Å². The second-order valence-corrected chi connectivity index (χ2v) is 4.89. The van der Waals surface area contributed by atoms with E-state index in [1.807, 2.05) is 66.7 Å². The monoisotopic (exact) mass is 298 g/mol. The van der Waals surface area contributed by atoms with Gasteiger partial charge < -0.3 is 5.21 Å². The number of nitrogens with zero attached hydrogens (tertiary/aromatic N) is 2. The van der Waals surface area contributed by atoms with Crippen LogP contribution in [0.3, 0.4) is 0 Å². The van der Waals surface area contributed by atoms with Crippen molar-refractivity contribution in [1.82, 2.24) is 4.98 Å². The Labute approximate surface area is 135 Å². The molecule has 0 fully saturated rings. The summed E-state index contributed by atoms with van der Waals surface area (Å²) in [5, 5.41) is 11.5. The zero-order valence-corrected chi connectivity index (χ0v) is 12.4. The molecule has 23 heavy (non-hydrogen) atoms. The van der Waals surface area contributed by atoms with Gasteiger partial charge >= 0.3 is 0 Å². The molecule has 0 saturated carbocycles. The lowest BCUT2D eigenvalue weighted by atomic mass is 10.1. The Morgan fingerprint density at radius 2 is 1.70 bits per heavy atom. The largest absolute Gasteiger partial charge is 0.619 e. The van der Waals surface area contributed by atoms with Gasteiger partial charge in [-0.15, -0.1) is 0 Å². The number of hydrogen-bond donors (Lipinski definition) is 0. The van der Waals surface area contributed by atoms with Crippen LogP contribution >= 0.6 is 0 Å². The molecule has 1 aromatic heterocycles. The molecular formula is C20H14N2O. The van der Waals surface area contributed by atoms with E-state index >= 15 is 0 Å². The number of hydrogen-bond acceptors (Lipinski definition) is 2. The average Bonchev–Trinajstić information content (AvgIpc) is 2.60. The minimum absolute atomic E-state index is 0.551. The highest BCUT2D eigenvalue weighted by Crippen LogP contribution is 2.14. The zero-order valence-electron chi connectivity index (χ0n) is 12.4. The molecule has 0 aliphatic rings. The van der Waals surface area contributed by atoms with Gasteiger partial charge in [0.1, 0.15) is 5.69 Å². The third kappa shape index (κ3) is 4.05. The van der Waals surface area contributed by atoms with Gasteiger partial charge in [0.2, 0.25) is 6.20 Å². The molecule has 0 aliphatic carbocycles. The summed E-state index contributed by atoms with van der Waals surface area (Å²) in [7, 11) is 0. The van der Waals surface area contributed by atoms with Gasteiger partial charge in [-0.2, -0.15) is 4.73 Å². The molecule has 3 nitrogen and oxygen atoms in total.